The quantitative estimate of drug-likeness (QED) is 0.836. The van der Waals surface area contributed by atoms with Crippen LogP contribution < -0.4 is 5.32 Å². The molecule has 3 heteroatoms. The highest BCUT2D eigenvalue weighted by molar-refractivity contribution is 5.32. The molecule has 0 radical (unpaired) electrons. The lowest BCUT2D eigenvalue weighted by Crippen LogP contribution is -2.43. The molecular weight excluding hydrogens is 262 g/mol. The summed E-state index contributed by atoms with van der Waals surface area (Å²) in [5.74, 6) is 0. The van der Waals surface area contributed by atoms with Crippen LogP contribution in [0.1, 0.15) is 19.4 Å². The Balaban J connectivity index is 2.06. The predicted molar refractivity (Wildman–Crippen MR) is 86.2 cm³/mol. The van der Waals surface area contributed by atoms with Gasteiger partial charge in [0.2, 0.25) is 0 Å². The molecule has 2 unspecified atom stereocenters. The third kappa shape index (κ3) is 4.27. The molecule has 0 saturated heterocycles. The first kappa shape index (κ1) is 16.0. The number of hydrogen-bond acceptors (Lipinski definition) is 3. The Hall–Kier alpha value is -1.42. The summed E-state index contributed by atoms with van der Waals surface area (Å²) in [6.45, 7) is 6.20. The Morgan fingerprint density at radius 3 is 2.67 bits per heavy atom. The van der Waals surface area contributed by atoms with Gasteiger partial charge >= 0.3 is 0 Å². The summed E-state index contributed by atoms with van der Waals surface area (Å²) in [5.41, 5.74) is 1.98. The van der Waals surface area contributed by atoms with E-state index in [0.717, 1.165) is 6.54 Å². The molecule has 0 fully saturated rings. The van der Waals surface area contributed by atoms with Gasteiger partial charge in [0.15, 0.2) is 0 Å². The number of ether oxygens (including phenoxy) is 2. The summed E-state index contributed by atoms with van der Waals surface area (Å²) in [7, 11) is 1.95. The average molecular weight is 287 g/mol. The molecule has 0 aliphatic heterocycles. The Labute approximate surface area is 127 Å². The predicted octanol–water partition coefficient (Wildman–Crippen LogP) is 3.08. The molecule has 1 aromatic carbocycles. The fourth-order valence-corrected chi connectivity index (χ4v) is 2.44. The van der Waals surface area contributed by atoms with Crippen molar-refractivity contribution >= 4 is 0 Å². The molecule has 2 rings (SSSR count). The molecule has 114 valence electrons. The van der Waals surface area contributed by atoms with Crippen molar-refractivity contribution in [2.45, 2.75) is 32.2 Å². The third-order valence-corrected chi connectivity index (χ3v) is 3.68. The molecule has 1 aliphatic rings. The maximum Gasteiger partial charge on any atom is 0.114 e. The van der Waals surface area contributed by atoms with E-state index in [1.807, 2.05) is 32.2 Å². The number of hydrogen-bond donors (Lipinski definition) is 1. The molecule has 21 heavy (non-hydrogen) atoms. The van der Waals surface area contributed by atoms with Gasteiger partial charge in [0, 0.05) is 13.2 Å². The van der Waals surface area contributed by atoms with Crippen LogP contribution in [0, 0.1) is 0 Å². The van der Waals surface area contributed by atoms with Crippen LogP contribution in [0.3, 0.4) is 0 Å². The van der Waals surface area contributed by atoms with E-state index in [0.29, 0.717) is 13.2 Å². The number of likely N-dealkylation sites (N-methyl/N-ethyl adjacent to an activating group) is 1. The molecular formula is C18H25NO2. The molecule has 0 heterocycles. The molecule has 0 saturated carbocycles. The minimum absolute atomic E-state index is 0.0560. The third-order valence-electron chi connectivity index (χ3n) is 3.68. The van der Waals surface area contributed by atoms with Gasteiger partial charge in [0.05, 0.1) is 6.61 Å². The summed E-state index contributed by atoms with van der Waals surface area (Å²) in [5, 5.41) is 3.17. The summed E-state index contributed by atoms with van der Waals surface area (Å²) < 4.78 is 12.1. The first-order valence-electron chi connectivity index (χ1n) is 7.52. The minimum Gasteiger partial charge on any atom is -0.371 e. The smallest absolute Gasteiger partial charge is 0.114 e. The van der Waals surface area contributed by atoms with Crippen molar-refractivity contribution in [3.63, 3.8) is 0 Å². The zero-order valence-electron chi connectivity index (χ0n) is 13.1. The van der Waals surface area contributed by atoms with Crippen molar-refractivity contribution in [3.8, 4) is 0 Å². The fraction of sp³-hybridized carbons (Fsp3) is 0.444. The standard InChI is InChI=1S/C18H25NO2/c1-4-20-17-12-16(13-19-3)10-11-18(17,2)21-14-15-8-6-5-7-9-15/h5-12,17,19H,4,13-14H2,1-3H3. The highest BCUT2D eigenvalue weighted by Gasteiger charge is 2.34. The summed E-state index contributed by atoms with van der Waals surface area (Å²) >= 11 is 0. The molecule has 0 spiro atoms. The first-order chi connectivity index (χ1) is 10.2. The summed E-state index contributed by atoms with van der Waals surface area (Å²) in [4.78, 5) is 0. The highest BCUT2D eigenvalue weighted by Crippen LogP contribution is 2.28. The van der Waals surface area contributed by atoms with Crippen LogP contribution in [0.25, 0.3) is 0 Å². The van der Waals surface area contributed by atoms with E-state index >= 15 is 0 Å². The zero-order valence-corrected chi connectivity index (χ0v) is 13.1. The molecule has 1 aliphatic carbocycles. The zero-order chi connectivity index (χ0) is 15.1. The number of benzene rings is 1. The second-order valence-corrected chi connectivity index (χ2v) is 5.44. The molecule has 3 nitrogen and oxygen atoms in total. The van der Waals surface area contributed by atoms with Crippen molar-refractivity contribution in [1.29, 1.82) is 0 Å². The van der Waals surface area contributed by atoms with Crippen LogP contribution in [0.2, 0.25) is 0 Å². The molecule has 0 amide bonds. The van der Waals surface area contributed by atoms with E-state index in [1.165, 1.54) is 11.1 Å². The van der Waals surface area contributed by atoms with Crippen LogP contribution >= 0.6 is 0 Å². The maximum atomic E-state index is 6.17. The highest BCUT2D eigenvalue weighted by atomic mass is 16.5. The van der Waals surface area contributed by atoms with E-state index in [2.05, 4.69) is 42.6 Å². The molecule has 1 N–H and O–H groups in total. The lowest BCUT2D eigenvalue weighted by Gasteiger charge is -2.36. The van der Waals surface area contributed by atoms with Crippen molar-refractivity contribution in [2.75, 3.05) is 20.2 Å². The molecule has 0 bridgehead atoms. The number of nitrogens with one attached hydrogen (secondary N) is 1. The summed E-state index contributed by atoms with van der Waals surface area (Å²) in [6.07, 6.45) is 6.34. The van der Waals surface area contributed by atoms with E-state index in [-0.39, 0.29) is 6.10 Å². The molecule has 1 aromatic rings. The van der Waals surface area contributed by atoms with E-state index in [9.17, 15) is 0 Å². The van der Waals surface area contributed by atoms with Crippen LogP contribution in [0.15, 0.2) is 54.1 Å². The van der Waals surface area contributed by atoms with Gasteiger partial charge in [-0.3, -0.25) is 0 Å². The van der Waals surface area contributed by atoms with Gasteiger partial charge in [-0.2, -0.15) is 0 Å². The van der Waals surface area contributed by atoms with Gasteiger partial charge in [-0.1, -0.05) is 36.4 Å². The number of rotatable bonds is 7. The lowest BCUT2D eigenvalue weighted by atomic mass is 9.90. The van der Waals surface area contributed by atoms with E-state index in [4.69, 9.17) is 9.47 Å². The second kappa shape index (κ2) is 7.55. The maximum absolute atomic E-state index is 6.17. The van der Waals surface area contributed by atoms with Crippen molar-refractivity contribution in [3.05, 3.63) is 59.7 Å². The molecule has 2 atom stereocenters. The fourth-order valence-electron chi connectivity index (χ4n) is 2.44. The minimum atomic E-state index is -0.427. The normalized spacial score (nSPS) is 24.9. The van der Waals surface area contributed by atoms with Crippen LogP contribution in [-0.2, 0) is 16.1 Å². The molecule has 0 aromatic heterocycles. The van der Waals surface area contributed by atoms with Crippen molar-refractivity contribution in [2.24, 2.45) is 0 Å². The van der Waals surface area contributed by atoms with Gasteiger partial charge in [0.1, 0.15) is 11.7 Å². The van der Waals surface area contributed by atoms with Gasteiger partial charge in [-0.25, -0.2) is 0 Å². The van der Waals surface area contributed by atoms with E-state index in [1.54, 1.807) is 0 Å². The van der Waals surface area contributed by atoms with Crippen molar-refractivity contribution < 1.29 is 9.47 Å². The topological polar surface area (TPSA) is 30.5 Å². The van der Waals surface area contributed by atoms with Gasteiger partial charge in [-0.15, -0.1) is 0 Å². The van der Waals surface area contributed by atoms with Gasteiger partial charge in [-0.05, 0) is 44.2 Å². The van der Waals surface area contributed by atoms with Crippen LogP contribution in [0.5, 0.6) is 0 Å². The van der Waals surface area contributed by atoms with Gasteiger partial charge < -0.3 is 14.8 Å². The first-order valence-corrected chi connectivity index (χ1v) is 7.52. The Kier molecular flexibility index (Phi) is 5.74. The van der Waals surface area contributed by atoms with Crippen LogP contribution in [0.4, 0.5) is 0 Å². The monoisotopic (exact) mass is 287 g/mol. The SMILES string of the molecule is CCOC1C=C(CNC)C=CC1(C)OCc1ccccc1. The average Bonchev–Trinajstić information content (AvgIpc) is 2.51. The second-order valence-electron chi connectivity index (χ2n) is 5.44. The summed E-state index contributed by atoms with van der Waals surface area (Å²) in [6, 6.07) is 10.2. The Bertz CT molecular complexity index is 495. The van der Waals surface area contributed by atoms with Gasteiger partial charge in [0.25, 0.3) is 0 Å². The van der Waals surface area contributed by atoms with Crippen molar-refractivity contribution in [1.82, 2.24) is 5.32 Å². The lowest BCUT2D eigenvalue weighted by molar-refractivity contribution is -0.0962. The van der Waals surface area contributed by atoms with Crippen LogP contribution in [-0.4, -0.2) is 31.9 Å². The Morgan fingerprint density at radius 2 is 2.00 bits per heavy atom. The Morgan fingerprint density at radius 1 is 1.24 bits per heavy atom. The van der Waals surface area contributed by atoms with E-state index < -0.39 is 5.60 Å². The largest absolute Gasteiger partial charge is 0.371 e.